The molecule has 1 aromatic carbocycles. The first-order chi connectivity index (χ1) is 12.4. The van der Waals surface area contributed by atoms with Gasteiger partial charge in [0.2, 0.25) is 0 Å². The van der Waals surface area contributed by atoms with Crippen molar-refractivity contribution in [1.29, 1.82) is 0 Å². The molecule has 0 bridgehead atoms. The third-order valence-corrected chi connectivity index (χ3v) is 4.43. The Morgan fingerprint density at radius 1 is 1.15 bits per heavy atom. The van der Waals surface area contributed by atoms with E-state index in [1.165, 1.54) is 0 Å². The Hall–Kier alpha value is -1.91. The van der Waals surface area contributed by atoms with Gasteiger partial charge < -0.3 is 20.1 Å². The van der Waals surface area contributed by atoms with Gasteiger partial charge in [0.05, 0.1) is 49.8 Å². The van der Waals surface area contributed by atoms with Gasteiger partial charge in [0.1, 0.15) is 0 Å². The Bertz CT molecular complexity index is 650. The van der Waals surface area contributed by atoms with E-state index in [0.717, 1.165) is 12.1 Å². The second-order valence-electron chi connectivity index (χ2n) is 6.12. The van der Waals surface area contributed by atoms with Crippen LogP contribution < -0.4 is 10.6 Å². The van der Waals surface area contributed by atoms with Crippen molar-refractivity contribution in [2.75, 3.05) is 44.8 Å². The number of halogens is 4. The number of urea groups is 1. The lowest BCUT2D eigenvalue weighted by atomic mass is 10.1. The highest BCUT2D eigenvalue weighted by Gasteiger charge is 2.36. The smallest absolute Gasteiger partial charge is 0.379 e. The highest BCUT2D eigenvalue weighted by Crippen LogP contribution is 2.33. The Labute approximate surface area is 147 Å². The third kappa shape index (κ3) is 4.25. The molecule has 0 aliphatic carbocycles. The van der Waals surface area contributed by atoms with E-state index in [9.17, 15) is 22.4 Å². The fourth-order valence-corrected chi connectivity index (χ4v) is 3.12. The molecule has 2 aliphatic heterocycles. The molecule has 26 heavy (non-hydrogen) atoms. The maximum absolute atomic E-state index is 14.0. The van der Waals surface area contributed by atoms with Crippen LogP contribution in [0.15, 0.2) is 18.2 Å². The summed E-state index contributed by atoms with van der Waals surface area (Å²) in [5, 5.41) is 4.80. The molecule has 3 rings (SSSR count). The molecule has 2 N–H and O–H groups in total. The van der Waals surface area contributed by atoms with Crippen molar-refractivity contribution in [3.05, 3.63) is 29.6 Å². The number of carbonyl (C=O) groups is 1. The van der Waals surface area contributed by atoms with Crippen LogP contribution in [-0.2, 0) is 15.7 Å². The number of alkyl halides is 3. The Morgan fingerprint density at radius 2 is 1.88 bits per heavy atom. The molecule has 1 aromatic rings. The molecule has 2 saturated heterocycles. The van der Waals surface area contributed by atoms with E-state index >= 15 is 0 Å². The fraction of sp³-hybridized carbons (Fsp3) is 0.562. The van der Waals surface area contributed by atoms with Crippen molar-refractivity contribution in [1.82, 2.24) is 10.2 Å². The molecule has 144 valence electrons. The first kappa shape index (κ1) is 18.9. The van der Waals surface area contributed by atoms with Crippen molar-refractivity contribution in [3.63, 3.8) is 0 Å². The number of rotatable bonds is 3. The average Bonchev–Trinajstić information content (AvgIpc) is 3.04. The predicted molar refractivity (Wildman–Crippen MR) is 84.3 cm³/mol. The predicted octanol–water partition coefficient (Wildman–Crippen LogP) is 2.07. The van der Waals surface area contributed by atoms with Gasteiger partial charge in [0, 0.05) is 13.1 Å². The topological polar surface area (TPSA) is 62.8 Å². The van der Waals surface area contributed by atoms with E-state index in [1.807, 2.05) is 0 Å². The van der Waals surface area contributed by atoms with Crippen LogP contribution in [0.4, 0.5) is 28.0 Å². The molecule has 0 radical (unpaired) electrons. The van der Waals surface area contributed by atoms with Gasteiger partial charge in [-0.25, -0.2) is 9.18 Å². The summed E-state index contributed by atoms with van der Waals surface area (Å²) in [6.07, 6.45) is -4.83. The lowest BCUT2D eigenvalue weighted by Crippen LogP contribution is -2.54. The van der Waals surface area contributed by atoms with Crippen LogP contribution in [0.5, 0.6) is 0 Å². The molecule has 2 amide bonds. The zero-order chi connectivity index (χ0) is 18.7. The van der Waals surface area contributed by atoms with Gasteiger partial charge in [0.25, 0.3) is 0 Å². The minimum Gasteiger partial charge on any atom is -0.379 e. The van der Waals surface area contributed by atoms with Gasteiger partial charge in [0.15, 0.2) is 5.82 Å². The van der Waals surface area contributed by atoms with E-state index in [-0.39, 0.29) is 18.7 Å². The summed E-state index contributed by atoms with van der Waals surface area (Å²) in [5.41, 5.74) is -1.95. The summed E-state index contributed by atoms with van der Waals surface area (Å²) in [6.45, 7) is 3.30. The first-order valence-electron chi connectivity index (χ1n) is 8.19. The van der Waals surface area contributed by atoms with Crippen LogP contribution in [-0.4, -0.2) is 62.5 Å². The van der Waals surface area contributed by atoms with Gasteiger partial charge in [-0.15, -0.1) is 0 Å². The number of hydrogen-bond donors (Lipinski definition) is 2. The minimum absolute atomic E-state index is 0.0593. The quantitative estimate of drug-likeness (QED) is 0.792. The molecule has 0 saturated carbocycles. The highest BCUT2D eigenvalue weighted by atomic mass is 19.4. The summed E-state index contributed by atoms with van der Waals surface area (Å²) in [6, 6.07) is 1.55. The largest absolute Gasteiger partial charge is 0.419 e. The monoisotopic (exact) mass is 377 g/mol. The van der Waals surface area contributed by atoms with Crippen LogP contribution in [0.25, 0.3) is 0 Å². The highest BCUT2D eigenvalue weighted by molar-refractivity contribution is 5.89. The SMILES string of the molecule is O=C(Nc1cccc(C(F)(F)F)c1F)N[C@@H]1COC[C@H]1N1CCOCC1. The molecular weight excluding hydrogens is 358 g/mol. The van der Waals surface area contributed by atoms with E-state index in [1.54, 1.807) is 0 Å². The summed E-state index contributed by atoms with van der Waals surface area (Å²) in [5.74, 6) is -1.51. The third-order valence-electron chi connectivity index (χ3n) is 4.43. The molecule has 0 unspecified atom stereocenters. The molecule has 2 heterocycles. The number of nitrogens with zero attached hydrogens (tertiary/aromatic N) is 1. The zero-order valence-corrected chi connectivity index (χ0v) is 13.8. The number of hydrogen-bond acceptors (Lipinski definition) is 4. The van der Waals surface area contributed by atoms with Gasteiger partial charge in [-0.3, -0.25) is 4.90 Å². The number of anilines is 1. The zero-order valence-electron chi connectivity index (χ0n) is 13.8. The summed E-state index contributed by atoms with van der Waals surface area (Å²) in [4.78, 5) is 14.3. The molecule has 2 fully saturated rings. The van der Waals surface area contributed by atoms with Crippen molar-refractivity contribution < 1.29 is 31.8 Å². The minimum atomic E-state index is -4.83. The van der Waals surface area contributed by atoms with Crippen molar-refractivity contribution in [2.45, 2.75) is 18.3 Å². The van der Waals surface area contributed by atoms with Gasteiger partial charge in [-0.2, -0.15) is 13.2 Å². The number of carbonyl (C=O) groups excluding carboxylic acids is 1. The fourth-order valence-electron chi connectivity index (χ4n) is 3.12. The molecule has 2 atom stereocenters. The van der Waals surface area contributed by atoms with Crippen molar-refractivity contribution in [2.24, 2.45) is 0 Å². The van der Waals surface area contributed by atoms with E-state index in [2.05, 4.69) is 15.5 Å². The first-order valence-corrected chi connectivity index (χ1v) is 8.19. The second kappa shape index (κ2) is 7.77. The van der Waals surface area contributed by atoms with Gasteiger partial charge in [-0.1, -0.05) is 6.07 Å². The van der Waals surface area contributed by atoms with E-state index in [0.29, 0.717) is 39.0 Å². The van der Waals surface area contributed by atoms with Crippen molar-refractivity contribution >= 4 is 11.7 Å². The van der Waals surface area contributed by atoms with Crippen LogP contribution in [0.2, 0.25) is 0 Å². The van der Waals surface area contributed by atoms with Gasteiger partial charge >= 0.3 is 12.2 Å². The second-order valence-corrected chi connectivity index (χ2v) is 6.12. The lowest BCUT2D eigenvalue weighted by Gasteiger charge is -2.34. The standard InChI is InChI=1S/C16H19F4N3O3/c17-14-10(16(18,19)20)2-1-3-11(14)21-15(24)22-12-8-26-9-13(12)23-4-6-25-7-5-23/h1-3,12-13H,4-9H2,(H2,21,22,24)/t12-,13-/m1/s1. The molecule has 2 aliphatic rings. The molecular formula is C16H19F4N3O3. The maximum atomic E-state index is 14.0. The molecule has 10 heteroatoms. The molecule has 0 aromatic heterocycles. The van der Waals surface area contributed by atoms with Crippen molar-refractivity contribution in [3.8, 4) is 0 Å². The van der Waals surface area contributed by atoms with Crippen LogP contribution >= 0.6 is 0 Å². The number of benzene rings is 1. The maximum Gasteiger partial charge on any atom is 0.419 e. The Morgan fingerprint density at radius 3 is 2.58 bits per heavy atom. The Kier molecular flexibility index (Phi) is 5.64. The van der Waals surface area contributed by atoms with Gasteiger partial charge in [-0.05, 0) is 12.1 Å². The summed E-state index contributed by atoms with van der Waals surface area (Å²) >= 11 is 0. The number of ether oxygens (including phenoxy) is 2. The Balaban J connectivity index is 1.64. The van der Waals surface area contributed by atoms with E-state index < -0.39 is 29.3 Å². The normalized spacial score (nSPS) is 24.5. The summed E-state index contributed by atoms with van der Waals surface area (Å²) in [7, 11) is 0. The summed E-state index contributed by atoms with van der Waals surface area (Å²) < 4.78 is 63.0. The van der Waals surface area contributed by atoms with Crippen LogP contribution in [0.1, 0.15) is 5.56 Å². The van der Waals surface area contributed by atoms with Crippen LogP contribution in [0.3, 0.4) is 0 Å². The lowest BCUT2D eigenvalue weighted by molar-refractivity contribution is -0.139. The molecule has 0 spiro atoms. The molecule has 6 nitrogen and oxygen atoms in total. The number of amides is 2. The number of morpholine rings is 1. The van der Waals surface area contributed by atoms with Crippen LogP contribution in [0, 0.1) is 5.82 Å². The number of nitrogens with one attached hydrogen (secondary N) is 2. The van der Waals surface area contributed by atoms with E-state index in [4.69, 9.17) is 9.47 Å². The average molecular weight is 377 g/mol.